The summed E-state index contributed by atoms with van der Waals surface area (Å²) in [5.74, 6) is -4.35. The van der Waals surface area contributed by atoms with Crippen molar-refractivity contribution < 1.29 is 24.6 Å². The normalized spacial score (nSPS) is 23.9. The summed E-state index contributed by atoms with van der Waals surface area (Å²) < 4.78 is 0. The summed E-state index contributed by atoms with van der Waals surface area (Å²) in [6.45, 7) is 4.71. The molecular weight excluding hydrogens is 274 g/mol. The number of amides is 1. The molecule has 120 valence electrons. The Morgan fingerprint density at radius 3 is 2.33 bits per heavy atom. The number of carboxylic acids is 2. The second-order valence-corrected chi connectivity index (χ2v) is 5.81. The summed E-state index contributed by atoms with van der Waals surface area (Å²) in [5, 5.41) is 18.3. The molecule has 0 aromatic rings. The molecule has 0 bridgehead atoms. The van der Waals surface area contributed by atoms with Crippen molar-refractivity contribution in [3.8, 4) is 0 Å². The van der Waals surface area contributed by atoms with Crippen LogP contribution in [0.25, 0.3) is 0 Å². The number of likely N-dealkylation sites (tertiary alicyclic amines) is 1. The van der Waals surface area contributed by atoms with Crippen molar-refractivity contribution in [2.75, 3.05) is 13.1 Å². The summed E-state index contributed by atoms with van der Waals surface area (Å²) in [5.41, 5.74) is 0. The molecule has 0 aromatic carbocycles. The molecule has 0 aliphatic carbocycles. The van der Waals surface area contributed by atoms with E-state index in [1.165, 1.54) is 0 Å². The Morgan fingerprint density at radius 2 is 1.86 bits per heavy atom. The maximum Gasteiger partial charge on any atom is 0.309 e. The number of piperidine rings is 1. The molecule has 1 heterocycles. The van der Waals surface area contributed by atoms with Gasteiger partial charge in [-0.2, -0.15) is 0 Å². The van der Waals surface area contributed by atoms with Gasteiger partial charge in [-0.05, 0) is 12.3 Å². The maximum absolute atomic E-state index is 12.1. The molecule has 1 amide bonds. The fourth-order valence-electron chi connectivity index (χ4n) is 2.84. The van der Waals surface area contributed by atoms with Crippen molar-refractivity contribution in [2.45, 2.75) is 46.0 Å². The predicted octanol–water partition coefficient (Wildman–Crippen LogP) is 1.84. The van der Waals surface area contributed by atoms with Gasteiger partial charge in [0.05, 0.1) is 11.8 Å². The van der Waals surface area contributed by atoms with Crippen molar-refractivity contribution in [1.29, 1.82) is 0 Å². The number of aliphatic carboxylic acids is 2. The first-order chi connectivity index (χ1) is 9.90. The van der Waals surface area contributed by atoms with Crippen LogP contribution in [-0.2, 0) is 14.4 Å². The van der Waals surface area contributed by atoms with E-state index >= 15 is 0 Å². The van der Waals surface area contributed by atoms with Gasteiger partial charge >= 0.3 is 11.9 Å². The van der Waals surface area contributed by atoms with E-state index in [2.05, 4.69) is 13.8 Å². The smallest absolute Gasteiger partial charge is 0.309 e. The van der Waals surface area contributed by atoms with Gasteiger partial charge in [0, 0.05) is 19.5 Å². The van der Waals surface area contributed by atoms with Gasteiger partial charge in [-0.3, -0.25) is 14.4 Å². The molecular formula is C15H25NO5. The molecule has 1 rings (SSSR count). The van der Waals surface area contributed by atoms with Crippen LogP contribution in [0.4, 0.5) is 0 Å². The highest BCUT2D eigenvalue weighted by Crippen LogP contribution is 2.27. The van der Waals surface area contributed by atoms with Crippen molar-refractivity contribution >= 4 is 17.8 Å². The first-order valence-corrected chi connectivity index (χ1v) is 7.64. The molecule has 21 heavy (non-hydrogen) atoms. The van der Waals surface area contributed by atoms with E-state index in [0.29, 0.717) is 12.5 Å². The number of carboxylic acid groups (broad SMARTS) is 2. The van der Waals surface area contributed by atoms with Crippen molar-refractivity contribution in [3.63, 3.8) is 0 Å². The van der Waals surface area contributed by atoms with Crippen LogP contribution >= 0.6 is 0 Å². The Kier molecular flexibility index (Phi) is 6.65. The zero-order chi connectivity index (χ0) is 16.0. The number of carbonyl (C=O) groups is 3. The largest absolute Gasteiger partial charge is 0.481 e. The van der Waals surface area contributed by atoms with Crippen LogP contribution in [-0.4, -0.2) is 46.0 Å². The quantitative estimate of drug-likeness (QED) is 0.713. The van der Waals surface area contributed by atoms with Gasteiger partial charge in [0.15, 0.2) is 0 Å². The first kappa shape index (κ1) is 17.5. The van der Waals surface area contributed by atoms with E-state index in [0.717, 1.165) is 25.7 Å². The lowest BCUT2D eigenvalue weighted by Gasteiger charge is -2.36. The molecule has 6 nitrogen and oxygen atoms in total. The van der Waals surface area contributed by atoms with Gasteiger partial charge in [0.2, 0.25) is 5.91 Å². The SMILES string of the molecule is CCCCC(CC)CN1CC(C(=O)O)C(C(=O)O)CC1=O. The first-order valence-electron chi connectivity index (χ1n) is 7.64. The number of hydrogen-bond donors (Lipinski definition) is 2. The molecule has 1 aliphatic rings. The Morgan fingerprint density at radius 1 is 1.24 bits per heavy atom. The molecule has 3 unspecified atom stereocenters. The minimum absolute atomic E-state index is 0.00770. The average Bonchev–Trinajstić information content (AvgIpc) is 2.44. The molecule has 1 saturated heterocycles. The van der Waals surface area contributed by atoms with Crippen LogP contribution in [0.3, 0.4) is 0 Å². The van der Waals surface area contributed by atoms with Gasteiger partial charge in [-0.15, -0.1) is 0 Å². The zero-order valence-corrected chi connectivity index (χ0v) is 12.7. The molecule has 2 N–H and O–H groups in total. The molecule has 0 aromatic heterocycles. The van der Waals surface area contributed by atoms with E-state index in [-0.39, 0.29) is 18.9 Å². The van der Waals surface area contributed by atoms with Crippen LogP contribution in [0.15, 0.2) is 0 Å². The lowest BCUT2D eigenvalue weighted by molar-refractivity contribution is -0.162. The third-order valence-electron chi connectivity index (χ3n) is 4.31. The lowest BCUT2D eigenvalue weighted by Crippen LogP contribution is -2.50. The Bertz CT molecular complexity index is 396. The highest BCUT2D eigenvalue weighted by atomic mass is 16.4. The van der Waals surface area contributed by atoms with E-state index in [1.54, 1.807) is 4.90 Å². The van der Waals surface area contributed by atoms with Gasteiger partial charge in [0.25, 0.3) is 0 Å². The monoisotopic (exact) mass is 299 g/mol. The predicted molar refractivity (Wildman–Crippen MR) is 76.8 cm³/mol. The molecule has 6 heteroatoms. The fourth-order valence-corrected chi connectivity index (χ4v) is 2.84. The molecule has 0 spiro atoms. The van der Waals surface area contributed by atoms with E-state index in [4.69, 9.17) is 5.11 Å². The maximum atomic E-state index is 12.1. The van der Waals surface area contributed by atoms with Crippen LogP contribution in [0.2, 0.25) is 0 Å². The molecule has 0 radical (unpaired) electrons. The van der Waals surface area contributed by atoms with Gasteiger partial charge < -0.3 is 15.1 Å². The van der Waals surface area contributed by atoms with Crippen LogP contribution in [0.1, 0.15) is 46.0 Å². The lowest BCUT2D eigenvalue weighted by atomic mass is 9.84. The highest BCUT2D eigenvalue weighted by molar-refractivity contribution is 5.88. The number of unbranched alkanes of at least 4 members (excludes halogenated alkanes) is 1. The van der Waals surface area contributed by atoms with Crippen LogP contribution in [0, 0.1) is 17.8 Å². The van der Waals surface area contributed by atoms with E-state index < -0.39 is 23.8 Å². The molecule has 0 saturated carbocycles. The van der Waals surface area contributed by atoms with Gasteiger partial charge in [-0.1, -0.05) is 33.1 Å². The van der Waals surface area contributed by atoms with E-state index in [1.807, 2.05) is 0 Å². The van der Waals surface area contributed by atoms with Crippen LogP contribution < -0.4 is 0 Å². The zero-order valence-electron chi connectivity index (χ0n) is 12.7. The minimum atomic E-state index is -1.20. The average molecular weight is 299 g/mol. The van der Waals surface area contributed by atoms with Crippen LogP contribution in [0.5, 0.6) is 0 Å². The second kappa shape index (κ2) is 8.00. The standard InChI is InChI=1S/C15H25NO5/c1-3-5-6-10(4-2)8-16-9-12(15(20)21)11(14(18)19)7-13(16)17/h10-12H,3-9H2,1-2H3,(H,18,19)(H,20,21). The number of carbonyl (C=O) groups excluding carboxylic acids is 1. The van der Waals surface area contributed by atoms with E-state index in [9.17, 15) is 19.5 Å². The topological polar surface area (TPSA) is 94.9 Å². The fraction of sp³-hybridized carbons (Fsp3) is 0.800. The second-order valence-electron chi connectivity index (χ2n) is 5.81. The Hall–Kier alpha value is -1.59. The van der Waals surface area contributed by atoms with Gasteiger partial charge in [-0.25, -0.2) is 0 Å². The molecule has 1 fully saturated rings. The van der Waals surface area contributed by atoms with Crippen molar-refractivity contribution in [1.82, 2.24) is 4.90 Å². The van der Waals surface area contributed by atoms with Crippen molar-refractivity contribution in [3.05, 3.63) is 0 Å². The minimum Gasteiger partial charge on any atom is -0.481 e. The summed E-state index contributed by atoms with van der Waals surface area (Å²) in [4.78, 5) is 36.0. The molecule has 1 aliphatic heterocycles. The Balaban J connectivity index is 2.73. The van der Waals surface area contributed by atoms with Gasteiger partial charge in [0.1, 0.15) is 0 Å². The highest BCUT2D eigenvalue weighted by Gasteiger charge is 2.42. The third kappa shape index (κ3) is 4.72. The number of nitrogens with zero attached hydrogens (tertiary/aromatic N) is 1. The molecule has 3 atom stereocenters. The Labute approximate surface area is 125 Å². The summed E-state index contributed by atoms with van der Waals surface area (Å²) >= 11 is 0. The third-order valence-corrected chi connectivity index (χ3v) is 4.31. The summed E-state index contributed by atoms with van der Waals surface area (Å²) in [7, 11) is 0. The van der Waals surface area contributed by atoms with Crippen molar-refractivity contribution in [2.24, 2.45) is 17.8 Å². The summed E-state index contributed by atoms with van der Waals surface area (Å²) in [6, 6.07) is 0. The number of hydrogen-bond acceptors (Lipinski definition) is 3. The number of rotatable bonds is 8. The summed E-state index contributed by atoms with van der Waals surface area (Å²) in [6.07, 6.45) is 3.90.